The fourth-order valence-corrected chi connectivity index (χ4v) is 2.63. The van der Waals surface area contributed by atoms with E-state index < -0.39 is 12.1 Å². The number of aliphatic hydroxyl groups is 1. The van der Waals surface area contributed by atoms with Crippen molar-refractivity contribution < 1.29 is 19.4 Å². The average molecular weight is 302 g/mol. The van der Waals surface area contributed by atoms with Crippen LogP contribution in [0.1, 0.15) is 45.1 Å². The highest BCUT2D eigenvalue weighted by molar-refractivity contribution is 6.19. The van der Waals surface area contributed by atoms with Crippen LogP contribution in [0.5, 0.6) is 0 Å². The minimum Gasteiger partial charge on any atom is -0.507 e. The van der Waals surface area contributed by atoms with E-state index in [4.69, 9.17) is 4.74 Å². The van der Waals surface area contributed by atoms with Gasteiger partial charge in [-0.05, 0) is 23.8 Å². The zero-order valence-corrected chi connectivity index (χ0v) is 13.2. The van der Waals surface area contributed by atoms with E-state index in [1.54, 1.807) is 0 Å². The summed E-state index contributed by atoms with van der Waals surface area (Å²) in [7, 11) is 0. The molecule has 4 nitrogen and oxygen atoms in total. The van der Waals surface area contributed by atoms with Gasteiger partial charge >= 0.3 is 5.97 Å². The van der Waals surface area contributed by atoms with Crippen LogP contribution in [0.2, 0.25) is 0 Å². The Balaban J connectivity index is 2.11. The first-order valence-electron chi connectivity index (χ1n) is 7.62. The van der Waals surface area contributed by atoms with Crippen molar-refractivity contribution >= 4 is 11.8 Å². The molecule has 0 bridgehead atoms. The maximum atomic E-state index is 12.4. The van der Waals surface area contributed by atoms with Crippen LogP contribution in [-0.4, -0.2) is 23.0 Å². The molecular weight excluding hydrogens is 280 g/mol. The molecular formula is C18H22O4. The third-order valence-electron chi connectivity index (χ3n) is 3.84. The first-order chi connectivity index (χ1) is 10.4. The molecule has 0 radical (unpaired) electrons. The monoisotopic (exact) mass is 302 g/mol. The molecule has 2 rings (SSSR count). The summed E-state index contributed by atoms with van der Waals surface area (Å²) in [6.07, 6.45) is 0.00802. The highest BCUT2D eigenvalue weighted by Crippen LogP contribution is 2.29. The molecule has 0 fully saturated rings. The molecule has 118 valence electrons. The van der Waals surface area contributed by atoms with Gasteiger partial charge in [0.2, 0.25) is 0 Å². The molecule has 0 aromatic heterocycles. The molecule has 1 aliphatic heterocycles. The number of benzene rings is 1. The summed E-state index contributed by atoms with van der Waals surface area (Å²) in [6.45, 7) is 5.87. The summed E-state index contributed by atoms with van der Waals surface area (Å²) in [5.74, 6) is -1.02. The van der Waals surface area contributed by atoms with Crippen molar-refractivity contribution in [2.45, 2.75) is 45.6 Å². The zero-order chi connectivity index (χ0) is 16.3. The molecule has 0 saturated heterocycles. The maximum absolute atomic E-state index is 12.4. The largest absolute Gasteiger partial charge is 0.507 e. The predicted octanol–water partition coefficient (Wildman–Crippen LogP) is 3.53. The summed E-state index contributed by atoms with van der Waals surface area (Å²) in [6, 6.07) is 9.63. The maximum Gasteiger partial charge on any atom is 0.346 e. The number of esters is 1. The van der Waals surface area contributed by atoms with Gasteiger partial charge in [0.1, 0.15) is 5.57 Å². The van der Waals surface area contributed by atoms with E-state index in [1.165, 1.54) is 0 Å². The number of rotatable bonds is 6. The summed E-state index contributed by atoms with van der Waals surface area (Å²) in [4.78, 5) is 24.2. The lowest BCUT2D eigenvalue weighted by molar-refractivity contribution is -0.141. The molecule has 2 atom stereocenters. The van der Waals surface area contributed by atoms with E-state index in [-0.39, 0.29) is 35.4 Å². The van der Waals surface area contributed by atoms with Crippen LogP contribution in [0.4, 0.5) is 0 Å². The van der Waals surface area contributed by atoms with Crippen LogP contribution in [-0.2, 0) is 14.3 Å². The van der Waals surface area contributed by atoms with Gasteiger partial charge in [0.05, 0.1) is 0 Å². The lowest BCUT2D eigenvalue weighted by atomic mass is 9.92. The van der Waals surface area contributed by atoms with Crippen LogP contribution >= 0.6 is 0 Å². The molecule has 0 amide bonds. The summed E-state index contributed by atoms with van der Waals surface area (Å²) >= 11 is 0. The summed E-state index contributed by atoms with van der Waals surface area (Å²) in [5.41, 5.74) is 0.856. The van der Waals surface area contributed by atoms with Gasteiger partial charge in [-0.25, -0.2) is 4.79 Å². The first-order valence-corrected chi connectivity index (χ1v) is 7.62. The van der Waals surface area contributed by atoms with Crippen molar-refractivity contribution in [3.63, 3.8) is 0 Å². The highest BCUT2D eigenvalue weighted by Gasteiger charge is 2.38. The normalized spacial score (nSPS) is 19.5. The molecule has 0 saturated carbocycles. The smallest absolute Gasteiger partial charge is 0.346 e. The fraction of sp³-hybridized carbons (Fsp3) is 0.444. The van der Waals surface area contributed by atoms with Gasteiger partial charge in [-0.15, -0.1) is 0 Å². The number of ether oxygens (including phenoxy) is 1. The number of hydrogen-bond donors (Lipinski definition) is 1. The number of carbonyl (C=O) groups is 2. The molecule has 4 heteroatoms. The second kappa shape index (κ2) is 6.77. The Bertz CT molecular complexity index is 586. The molecule has 1 aliphatic rings. The summed E-state index contributed by atoms with van der Waals surface area (Å²) in [5, 5.41) is 10.1. The average Bonchev–Trinajstić information content (AvgIpc) is 2.73. The quantitative estimate of drug-likeness (QED) is 0.645. The van der Waals surface area contributed by atoms with Crippen LogP contribution in [0.15, 0.2) is 41.7 Å². The number of carbonyl (C=O) groups excluding carboxylic acids is 2. The van der Waals surface area contributed by atoms with E-state index >= 15 is 0 Å². The fourth-order valence-electron chi connectivity index (χ4n) is 2.63. The number of cyclic esters (lactones) is 1. The van der Waals surface area contributed by atoms with Gasteiger partial charge in [-0.1, -0.05) is 51.1 Å². The lowest BCUT2D eigenvalue weighted by Gasteiger charge is -2.12. The number of hydrogen-bond acceptors (Lipinski definition) is 4. The Labute approximate surface area is 130 Å². The topological polar surface area (TPSA) is 63.6 Å². The van der Waals surface area contributed by atoms with Crippen molar-refractivity contribution in [2.24, 2.45) is 5.92 Å². The van der Waals surface area contributed by atoms with Gasteiger partial charge in [0.25, 0.3) is 0 Å². The molecule has 1 heterocycles. The third-order valence-corrected chi connectivity index (χ3v) is 3.84. The van der Waals surface area contributed by atoms with E-state index in [2.05, 4.69) is 0 Å². The van der Waals surface area contributed by atoms with Gasteiger partial charge < -0.3 is 9.84 Å². The summed E-state index contributed by atoms with van der Waals surface area (Å²) < 4.78 is 5.12. The molecule has 1 aromatic rings. The van der Waals surface area contributed by atoms with Gasteiger partial charge in [0, 0.05) is 6.42 Å². The predicted molar refractivity (Wildman–Crippen MR) is 83.5 cm³/mol. The molecule has 1 aromatic carbocycles. The number of ketones is 1. The molecule has 1 N–H and O–H groups in total. The minimum atomic E-state index is -0.701. The van der Waals surface area contributed by atoms with Crippen LogP contribution in [0, 0.1) is 5.92 Å². The van der Waals surface area contributed by atoms with Crippen molar-refractivity contribution in [3.8, 4) is 0 Å². The van der Waals surface area contributed by atoms with E-state index in [1.807, 2.05) is 51.1 Å². The SMILES string of the molecule is CC(C)CC1OC(=O)C(C(=O)CC(C)c2ccccc2)=C1O. The van der Waals surface area contributed by atoms with Gasteiger partial charge in [0.15, 0.2) is 17.6 Å². The Kier molecular flexibility index (Phi) is 5.01. The van der Waals surface area contributed by atoms with Crippen LogP contribution in [0.25, 0.3) is 0 Å². The van der Waals surface area contributed by atoms with Crippen molar-refractivity contribution in [3.05, 3.63) is 47.2 Å². The standard InChI is InChI=1S/C18H22O4/c1-11(2)9-15-17(20)16(18(21)22-15)14(19)10-12(3)13-7-5-4-6-8-13/h4-8,11-12,15,20H,9-10H2,1-3H3. The van der Waals surface area contributed by atoms with Crippen molar-refractivity contribution in [1.29, 1.82) is 0 Å². The van der Waals surface area contributed by atoms with Crippen LogP contribution in [0.3, 0.4) is 0 Å². The minimum absolute atomic E-state index is 0.0223. The third kappa shape index (κ3) is 3.56. The lowest BCUT2D eigenvalue weighted by Crippen LogP contribution is -2.14. The molecule has 22 heavy (non-hydrogen) atoms. The van der Waals surface area contributed by atoms with E-state index in [9.17, 15) is 14.7 Å². The zero-order valence-electron chi connectivity index (χ0n) is 13.2. The highest BCUT2D eigenvalue weighted by atomic mass is 16.6. The van der Waals surface area contributed by atoms with E-state index in [0.29, 0.717) is 6.42 Å². The van der Waals surface area contributed by atoms with Crippen LogP contribution < -0.4 is 0 Å². The molecule has 0 aliphatic carbocycles. The second-order valence-corrected chi connectivity index (χ2v) is 6.22. The Morgan fingerprint density at radius 2 is 1.86 bits per heavy atom. The Morgan fingerprint density at radius 3 is 2.45 bits per heavy atom. The number of Topliss-reactive ketones (excluding diaryl/α,β-unsaturated/α-hetero) is 1. The molecule has 2 unspecified atom stereocenters. The van der Waals surface area contributed by atoms with Crippen molar-refractivity contribution in [1.82, 2.24) is 0 Å². The Morgan fingerprint density at radius 1 is 1.23 bits per heavy atom. The van der Waals surface area contributed by atoms with Gasteiger partial charge in [-0.3, -0.25) is 4.79 Å². The second-order valence-electron chi connectivity index (χ2n) is 6.22. The first kappa shape index (κ1) is 16.3. The Hall–Kier alpha value is -2.10. The number of aliphatic hydroxyl groups excluding tert-OH is 1. The van der Waals surface area contributed by atoms with Gasteiger partial charge in [-0.2, -0.15) is 0 Å². The van der Waals surface area contributed by atoms with Crippen molar-refractivity contribution in [2.75, 3.05) is 0 Å². The molecule has 0 spiro atoms. The van der Waals surface area contributed by atoms with E-state index in [0.717, 1.165) is 5.56 Å².